The quantitative estimate of drug-likeness (QED) is 0.237. The minimum atomic E-state index is -0.499. The largest absolute Gasteiger partial charge is 0.493 e. The third-order valence-corrected chi connectivity index (χ3v) is 5.93. The number of ether oxygens (including phenoxy) is 2. The molecule has 0 aliphatic rings. The number of para-hydroxylation sites is 3. The summed E-state index contributed by atoms with van der Waals surface area (Å²) < 4.78 is 19.5. The summed E-state index contributed by atoms with van der Waals surface area (Å²) in [4.78, 5) is 2.15. The monoisotopic (exact) mass is 487 g/mol. The molecule has 0 fully saturated rings. The molecule has 7 nitrogen and oxygen atoms in total. The molecule has 1 atom stereocenters. The van der Waals surface area contributed by atoms with Gasteiger partial charge in [0.05, 0.1) is 43.0 Å². The molecule has 0 unspecified atom stereocenters. The molecule has 0 spiro atoms. The van der Waals surface area contributed by atoms with Crippen LogP contribution < -0.4 is 9.47 Å². The Morgan fingerprint density at radius 1 is 1.06 bits per heavy atom. The number of nitrogens with zero attached hydrogens (tertiary/aromatic N) is 3. The van der Waals surface area contributed by atoms with Gasteiger partial charge in [0, 0.05) is 13.1 Å². The maximum Gasteiger partial charge on any atom is 0.227 e. The van der Waals surface area contributed by atoms with E-state index < -0.39 is 6.10 Å². The van der Waals surface area contributed by atoms with Crippen LogP contribution in [0.25, 0.3) is 5.69 Å². The molecule has 188 valence electrons. The highest BCUT2D eigenvalue weighted by molar-refractivity contribution is 5.47. The highest BCUT2D eigenvalue weighted by Crippen LogP contribution is 2.36. The van der Waals surface area contributed by atoms with Crippen LogP contribution in [0.3, 0.4) is 0 Å². The fourth-order valence-corrected chi connectivity index (χ4v) is 4.11. The fourth-order valence-electron chi connectivity index (χ4n) is 4.11. The van der Waals surface area contributed by atoms with Gasteiger partial charge >= 0.3 is 0 Å². The molecule has 1 N–H and O–H groups in total. The summed E-state index contributed by atoms with van der Waals surface area (Å²) in [6.07, 6.45) is 4.39. The number of benzene rings is 2. The average molecular weight is 488 g/mol. The molecule has 0 saturated carbocycles. The zero-order valence-corrected chi connectivity index (χ0v) is 20.8. The summed E-state index contributed by atoms with van der Waals surface area (Å²) in [5, 5.41) is 15.5. The Hall–Kier alpha value is -3.81. The van der Waals surface area contributed by atoms with Gasteiger partial charge < -0.3 is 19.0 Å². The molecule has 0 aliphatic carbocycles. The lowest BCUT2D eigenvalue weighted by Crippen LogP contribution is -2.32. The molecule has 0 amide bonds. The molecular formula is C29H33N3O4. The lowest BCUT2D eigenvalue weighted by molar-refractivity contribution is 0.0939. The Morgan fingerprint density at radius 2 is 1.81 bits per heavy atom. The van der Waals surface area contributed by atoms with Gasteiger partial charge in [-0.15, -0.1) is 6.58 Å². The van der Waals surface area contributed by atoms with Crippen LogP contribution >= 0.6 is 0 Å². The van der Waals surface area contributed by atoms with E-state index in [-0.39, 0.29) is 0 Å². The van der Waals surface area contributed by atoms with E-state index in [1.165, 1.54) is 0 Å². The van der Waals surface area contributed by atoms with Crippen LogP contribution in [0, 0.1) is 6.92 Å². The van der Waals surface area contributed by atoms with Crippen LogP contribution in [0.2, 0.25) is 0 Å². The van der Waals surface area contributed by atoms with Crippen molar-refractivity contribution in [2.24, 2.45) is 0 Å². The first-order valence-corrected chi connectivity index (χ1v) is 12.1. The van der Waals surface area contributed by atoms with Crippen molar-refractivity contribution in [3.8, 4) is 23.1 Å². The standard InChI is InChI=1S/C29H33N3O4/c1-4-5-14-24(33)19-31(20-25-15-11-18-35-25)21-26-22(2)30-32(23-12-7-6-8-13-23)29(26)36-28-17-10-9-16-27(28)34-3/h4,6-13,15-18,24,33H,1,5,14,19-21H2,2-3H3/t24-/m0/s1. The van der Waals surface area contributed by atoms with Gasteiger partial charge in [0.2, 0.25) is 5.88 Å². The van der Waals surface area contributed by atoms with Crippen LogP contribution in [0.1, 0.15) is 29.9 Å². The topological polar surface area (TPSA) is 72.9 Å². The number of hydrogen-bond acceptors (Lipinski definition) is 6. The second-order valence-electron chi connectivity index (χ2n) is 8.64. The number of hydrogen-bond donors (Lipinski definition) is 1. The van der Waals surface area contributed by atoms with Crippen LogP contribution in [0.5, 0.6) is 17.4 Å². The normalized spacial score (nSPS) is 12.0. The van der Waals surface area contributed by atoms with Gasteiger partial charge in [-0.3, -0.25) is 4.90 Å². The lowest BCUT2D eigenvalue weighted by atomic mass is 10.1. The maximum atomic E-state index is 10.7. The molecule has 0 bridgehead atoms. The molecular weight excluding hydrogens is 454 g/mol. The first-order chi connectivity index (χ1) is 17.6. The molecule has 4 aromatic rings. The first kappa shape index (κ1) is 25.3. The summed E-state index contributed by atoms with van der Waals surface area (Å²) in [6.45, 7) is 7.27. The van der Waals surface area contributed by atoms with Crippen molar-refractivity contribution in [3.63, 3.8) is 0 Å². The maximum absolute atomic E-state index is 10.7. The molecule has 0 radical (unpaired) electrons. The first-order valence-electron chi connectivity index (χ1n) is 12.1. The Bertz CT molecular complexity index is 1230. The highest BCUT2D eigenvalue weighted by Gasteiger charge is 2.24. The van der Waals surface area contributed by atoms with E-state index in [0.717, 1.165) is 29.1 Å². The van der Waals surface area contributed by atoms with Gasteiger partial charge in [0.15, 0.2) is 11.5 Å². The van der Waals surface area contributed by atoms with Crippen molar-refractivity contribution in [1.82, 2.24) is 14.7 Å². The van der Waals surface area contributed by atoms with Crippen molar-refractivity contribution in [1.29, 1.82) is 0 Å². The van der Waals surface area contributed by atoms with Crippen LogP contribution in [0.15, 0.2) is 90.1 Å². The average Bonchev–Trinajstić information content (AvgIpc) is 3.52. The van der Waals surface area contributed by atoms with E-state index in [1.807, 2.05) is 84.4 Å². The Kier molecular flexibility index (Phi) is 8.60. The number of aliphatic hydroxyl groups excluding tert-OH is 1. The molecule has 2 aromatic heterocycles. The number of rotatable bonds is 13. The molecule has 2 aromatic carbocycles. The minimum absolute atomic E-state index is 0.471. The number of allylic oxidation sites excluding steroid dienone is 1. The van der Waals surface area contributed by atoms with E-state index in [9.17, 15) is 5.11 Å². The Morgan fingerprint density at radius 3 is 2.50 bits per heavy atom. The van der Waals surface area contributed by atoms with E-state index in [1.54, 1.807) is 13.4 Å². The van der Waals surface area contributed by atoms with E-state index in [4.69, 9.17) is 19.0 Å². The van der Waals surface area contributed by atoms with Crippen molar-refractivity contribution >= 4 is 0 Å². The van der Waals surface area contributed by atoms with Gasteiger partial charge in [-0.05, 0) is 56.2 Å². The number of methoxy groups -OCH3 is 1. The van der Waals surface area contributed by atoms with Crippen molar-refractivity contribution < 1.29 is 19.0 Å². The number of aliphatic hydroxyl groups is 1. The van der Waals surface area contributed by atoms with Gasteiger partial charge in [0.25, 0.3) is 0 Å². The minimum Gasteiger partial charge on any atom is -0.493 e. The lowest BCUT2D eigenvalue weighted by Gasteiger charge is -2.24. The smallest absolute Gasteiger partial charge is 0.227 e. The Labute approximate surface area is 212 Å². The summed E-state index contributed by atoms with van der Waals surface area (Å²) in [6, 6.07) is 21.3. The van der Waals surface area contributed by atoms with Crippen LogP contribution in [-0.4, -0.2) is 39.5 Å². The Balaban J connectivity index is 1.72. The van der Waals surface area contributed by atoms with Crippen LogP contribution in [-0.2, 0) is 13.1 Å². The second-order valence-corrected chi connectivity index (χ2v) is 8.64. The fraction of sp³-hybridized carbons (Fsp3) is 0.276. The SMILES string of the molecule is C=CCC[C@H](O)CN(Cc1ccco1)Cc1c(C)nn(-c2ccccc2)c1Oc1ccccc1OC. The number of aryl methyl sites for hydroxylation is 1. The number of aromatic nitrogens is 2. The summed E-state index contributed by atoms with van der Waals surface area (Å²) >= 11 is 0. The molecule has 0 aliphatic heterocycles. The predicted molar refractivity (Wildman–Crippen MR) is 140 cm³/mol. The van der Waals surface area contributed by atoms with Crippen LogP contribution in [0.4, 0.5) is 0 Å². The molecule has 2 heterocycles. The molecule has 4 rings (SSSR count). The van der Waals surface area contributed by atoms with Crippen molar-refractivity contribution in [3.05, 3.63) is 103 Å². The van der Waals surface area contributed by atoms with Gasteiger partial charge in [-0.25, -0.2) is 4.68 Å². The second kappa shape index (κ2) is 12.2. The van der Waals surface area contributed by atoms with Gasteiger partial charge in [-0.1, -0.05) is 36.4 Å². The summed E-state index contributed by atoms with van der Waals surface area (Å²) in [5.41, 5.74) is 2.65. The molecule has 7 heteroatoms. The van der Waals surface area contributed by atoms with Crippen molar-refractivity contribution in [2.75, 3.05) is 13.7 Å². The van der Waals surface area contributed by atoms with Crippen molar-refractivity contribution in [2.45, 2.75) is 39.0 Å². The van der Waals surface area contributed by atoms with Gasteiger partial charge in [0.1, 0.15) is 5.76 Å². The van der Waals surface area contributed by atoms with Gasteiger partial charge in [-0.2, -0.15) is 5.10 Å². The molecule has 36 heavy (non-hydrogen) atoms. The third-order valence-electron chi connectivity index (χ3n) is 5.93. The molecule has 0 saturated heterocycles. The summed E-state index contributed by atoms with van der Waals surface area (Å²) in [5.74, 6) is 2.66. The third kappa shape index (κ3) is 6.24. The van der Waals surface area contributed by atoms with E-state index >= 15 is 0 Å². The highest BCUT2D eigenvalue weighted by atomic mass is 16.5. The predicted octanol–water partition coefficient (Wildman–Crippen LogP) is 5.90. The van der Waals surface area contributed by atoms with E-state index in [0.29, 0.717) is 43.4 Å². The summed E-state index contributed by atoms with van der Waals surface area (Å²) in [7, 11) is 1.62. The zero-order valence-electron chi connectivity index (χ0n) is 20.8. The zero-order chi connectivity index (χ0) is 25.3. The van der Waals surface area contributed by atoms with E-state index in [2.05, 4.69) is 11.5 Å². The number of furan rings is 1.